The number of aliphatic hydroxyl groups is 1. The first-order valence-electron chi connectivity index (χ1n) is 6.93. The molecule has 0 radical (unpaired) electrons. The molecule has 2 aromatic rings. The molecule has 0 aliphatic carbocycles. The first-order valence-corrected chi connectivity index (χ1v) is 6.93. The van der Waals surface area contributed by atoms with Gasteiger partial charge in [0.05, 0.1) is 0 Å². The average molecular weight is 285 g/mol. The monoisotopic (exact) mass is 285 g/mol. The SMILES string of the molecule is C[C@H](O)C(=O)Oc1ccc(NCCc2ccccc2)cc1. The summed E-state index contributed by atoms with van der Waals surface area (Å²) in [7, 11) is 0. The minimum Gasteiger partial charge on any atom is -0.425 e. The highest BCUT2D eigenvalue weighted by Crippen LogP contribution is 2.16. The van der Waals surface area contributed by atoms with Gasteiger partial charge in [-0.3, -0.25) is 0 Å². The van der Waals surface area contributed by atoms with E-state index in [1.54, 1.807) is 12.1 Å². The molecule has 0 heterocycles. The molecule has 1 atom stereocenters. The molecule has 2 N–H and O–H groups in total. The van der Waals surface area contributed by atoms with Crippen molar-refractivity contribution in [3.8, 4) is 5.75 Å². The number of benzene rings is 2. The van der Waals surface area contributed by atoms with Crippen LogP contribution in [-0.4, -0.2) is 23.7 Å². The van der Waals surface area contributed by atoms with E-state index < -0.39 is 12.1 Å². The van der Waals surface area contributed by atoms with Gasteiger partial charge in [0, 0.05) is 12.2 Å². The predicted molar refractivity (Wildman–Crippen MR) is 82.4 cm³/mol. The molecule has 0 bridgehead atoms. The molecule has 0 amide bonds. The fourth-order valence-electron chi connectivity index (χ4n) is 1.84. The van der Waals surface area contributed by atoms with Crippen LogP contribution in [0.4, 0.5) is 5.69 Å². The van der Waals surface area contributed by atoms with E-state index in [-0.39, 0.29) is 0 Å². The van der Waals surface area contributed by atoms with Gasteiger partial charge in [0.15, 0.2) is 0 Å². The van der Waals surface area contributed by atoms with Crippen LogP contribution in [0, 0.1) is 0 Å². The van der Waals surface area contributed by atoms with E-state index in [9.17, 15) is 4.79 Å². The van der Waals surface area contributed by atoms with E-state index >= 15 is 0 Å². The standard InChI is InChI=1S/C17H19NO3/c1-13(19)17(20)21-16-9-7-15(8-10-16)18-12-11-14-5-3-2-4-6-14/h2-10,13,18-19H,11-12H2,1H3/t13-/m0/s1. The van der Waals surface area contributed by atoms with Crippen molar-refractivity contribution in [2.45, 2.75) is 19.4 Å². The van der Waals surface area contributed by atoms with E-state index in [0.29, 0.717) is 5.75 Å². The smallest absolute Gasteiger partial charge is 0.340 e. The van der Waals surface area contributed by atoms with Crippen LogP contribution in [0.5, 0.6) is 5.75 Å². The molecule has 4 nitrogen and oxygen atoms in total. The maximum absolute atomic E-state index is 11.2. The number of aliphatic hydroxyl groups excluding tert-OH is 1. The molecule has 110 valence electrons. The molecule has 21 heavy (non-hydrogen) atoms. The summed E-state index contributed by atoms with van der Waals surface area (Å²) in [6.45, 7) is 2.21. The summed E-state index contributed by atoms with van der Waals surface area (Å²) in [5.41, 5.74) is 2.25. The lowest BCUT2D eigenvalue weighted by atomic mass is 10.1. The van der Waals surface area contributed by atoms with Crippen LogP contribution in [0.25, 0.3) is 0 Å². The normalized spacial score (nSPS) is 11.7. The molecule has 4 heteroatoms. The first kappa shape index (κ1) is 15.1. The number of hydrogen-bond donors (Lipinski definition) is 2. The molecule has 0 aliphatic rings. The van der Waals surface area contributed by atoms with Gasteiger partial charge in [0.2, 0.25) is 0 Å². The Kier molecular flexibility index (Phi) is 5.35. The van der Waals surface area contributed by atoms with Crippen LogP contribution in [-0.2, 0) is 11.2 Å². The largest absolute Gasteiger partial charge is 0.425 e. The average Bonchev–Trinajstić information content (AvgIpc) is 2.50. The van der Waals surface area contributed by atoms with Crippen LogP contribution in [0.1, 0.15) is 12.5 Å². The van der Waals surface area contributed by atoms with Crippen LogP contribution in [0.3, 0.4) is 0 Å². The van der Waals surface area contributed by atoms with Gasteiger partial charge in [-0.05, 0) is 43.2 Å². The molecule has 0 saturated heterocycles. The molecule has 2 aromatic carbocycles. The zero-order valence-corrected chi connectivity index (χ0v) is 12.0. The molecule has 0 spiro atoms. The van der Waals surface area contributed by atoms with Gasteiger partial charge in [-0.1, -0.05) is 30.3 Å². The van der Waals surface area contributed by atoms with Crippen LogP contribution < -0.4 is 10.1 Å². The number of anilines is 1. The molecule has 2 rings (SSSR count). The van der Waals surface area contributed by atoms with Crippen molar-refractivity contribution in [3.05, 3.63) is 60.2 Å². The number of carbonyl (C=O) groups excluding carboxylic acids is 1. The number of esters is 1. The van der Waals surface area contributed by atoms with Crippen molar-refractivity contribution in [3.63, 3.8) is 0 Å². The second kappa shape index (κ2) is 7.45. The molecular weight excluding hydrogens is 266 g/mol. The summed E-state index contributed by atoms with van der Waals surface area (Å²) in [6, 6.07) is 17.3. The summed E-state index contributed by atoms with van der Waals surface area (Å²) >= 11 is 0. The van der Waals surface area contributed by atoms with Crippen molar-refractivity contribution in [1.82, 2.24) is 0 Å². The first-order chi connectivity index (χ1) is 10.1. The molecule has 0 unspecified atom stereocenters. The van der Waals surface area contributed by atoms with Gasteiger partial charge in [-0.2, -0.15) is 0 Å². The molecule has 0 fully saturated rings. The number of hydrogen-bond acceptors (Lipinski definition) is 4. The third-order valence-electron chi connectivity index (χ3n) is 3.00. The topological polar surface area (TPSA) is 58.6 Å². The highest BCUT2D eigenvalue weighted by Gasteiger charge is 2.10. The number of ether oxygens (including phenoxy) is 1. The summed E-state index contributed by atoms with van der Waals surface area (Å²) in [5, 5.41) is 12.4. The highest BCUT2D eigenvalue weighted by molar-refractivity contribution is 5.76. The van der Waals surface area contributed by atoms with Gasteiger partial charge < -0.3 is 15.2 Å². The van der Waals surface area contributed by atoms with Crippen molar-refractivity contribution >= 4 is 11.7 Å². The van der Waals surface area contributed by atoms with Crippen LogP contribution >= 0.6 is 0 Å². The van der Waals surface area contributed by atoms with Gasteiger partial charge >= 0.3 is 5.97 Å². The fraction of sp³-hybridized carbons (Fsp3) is 0.235. The van der Waals surface area contributed by atoms with Gasteiger partial charge in [0.1, 0.15) is 11.9 Å². The van der Waals surface area contributed by atoms with Crippen molar-refractivity contribution in [2.75, 3.05) is 11.9 Å². The molecular formula is C17H19NO3. The Balaban J connectivity index is 1.81. The lowest BCUT2D eigenvalue weighted by Gasteiger charge is -2.09. The van der Waals surface area contributed by atoms with Gasteiger partial charge in [-0.15, -0.1) is 0 Å². The third kappa shape index (κ3) is 4.93. The molecule has 0 aromatic heterocycles. The van der Waals surface area contributed by atoms with Crippen molar-refractivity contribution < 1.29 is 14.6 Å². The zero-order chi connectivity index (χ0) is 15.1. The van der Waals surface area contributed by atoms with E-state index in [2.05, 4.69) is 17.4 Å². The van der Waals surface area contributed by atoms with Gasteiger partial charge in [0.25, 0.3) is 0 Å². The minimum atomic E-state index is -1.12. The summed E-state index contributed by atoms with van der Waals surface area (Å²) < 4.78 is 4.99. The maximum atomic E-state index is 11.2. The van der Waals surface area contributed by atoms with E-state index in [1.165, 1.54) is 12.5 Å². The Bertz CT molecular complexity index is 564. The number of carbonyl (C=O) groups is 1. The van der Waals surface area contributed by atoms with Crippen LogP contribution in [0.2, 0.25) is 0 Å². The Morgan fingerprint density at radius 3 is 2.43 bits per heavy atom. The Morgan fingerprint density at radius 1 is 1.14 bits per heavy atom. The maximum Gasteiger partial charge on any atom is 0.340 e. The molecule has 0 aliphatic heterocycles. The van der Waals surface area contributed by atoms with Crippen LogP contribution in [0.15, 0.2) is 54.6 Å². The van der Waals surface area contributed by atoms with E-state index in [1.807, 2.05) is 30.3 Å². The lowest BCUT2D eigenvalue weighted by Crippen LogP contribution is -2.22. The number of nitrogens with one attached hydrogen (secondary N) is 1. The highest BCUT2D eigenvalue weighted by atomic mass is 16.5. The summed E-state index contributed by atoms with van der Waals surface area (Å²) in [6.07, 6.45) is -0.173. The summed E-state index contributed by atoms with van der Waals surface area (Å²) in [5.74, 6) is -0.228. The predicted octanol–water partition coefficient (Wildman–Crippen LogP) is 2.63. The third-order valence-corrected chi connectivity index (χ3v) is 3.00. The van der Waals surface area contributed by atoms with Crippen molar-refractivity contribution in [2.24, 2.45) is 0 Å². The van der Waals surface area contributed by atoms with E-state index in [4.69, 9.17) is 9.84 Å². The fourth-order valence-corrected chi connectivity index (χ4v) is 1.84. The lowest BCUT2D eigenvalue weighted by molar-refractivity contribution is -0.142. The Morgan fingerprint density at radius 2 is 1.81 bits per heavy atom. The Labute approximate surface area is 124 Å². The van der Waals surface area contributed by atoms with Crippen molar-refractivity contribution in [1.29, 1.82) is 0 Å². The molecule has 0 saturated carbocycles. The number of rotatable bonds is 6. The Hall–Kier alpha value is -2.33. The minimum absolute atomic E-state index is 0.425. The second-order valence-corrected chi connectivity index (χ2v) is 4.78. The van der Waals surface area contributed by atoms with Gasteiger partial charge in [-0.25, -0.2) is 4.79 Å². The second-order valence-electron chi connectivity index (χ2n) is 4.78. The quantitative estimate of drug-likeness (QED) is 0.633. The van der Waals surface area contributed by atoms with E-state index in [0.717, 1.165) is 18.7 Å². The summed E-state index contributed by atoms with van der Waals surface area (Å²) in [4.78, 5) is 11.2. The zero-order valence-electron chi connectivity index (χ0n) is 12.0.